The molecule has 140 valence electrons. The summed E-state index contributed by atoms with van der Waals surface area (Å²) >= 11 is 5.97. The lowest BCUT2D eigenvalue weighted by Gasteiger charge is -2.39. The number of methoxy groups -OCH3 is 1. The van der Waals surface area contributed by atoms with Crippen molar-refractivity contribution in [2.75, 3.05) is 26.8 Å². The van der Waals surface area contributed by atoms with Crippen LogP contribution in [0.15, 0.2) is 42.5 Å². The van der Waals surface area contributed by atoms with E-state index >= 15 is 0 Å². The first-order valence-corrected chi connectivity index (χ1v) is 9.04. The van der Waals surface area contributed by atoms with Crippen molar-refractivity contribution in [3.8, 4) is 17.2 Å². The first-order chi connectivity index (χ1) is 12.5. The molecule has 0 amide bonds. The topological polar surface area (TPSA) is 62.2 Å². The highest BCUT2D eigenvalue weighted by Crippen LogP contribution is 2.29. The van der Waals surface area contributed by atoms with Gasteiger partial charge in [0.25, 0.3) is 0 Å². The minimum Gasteiger partial charge on any atom is -0.504 e. The molecule has 26 heavy (non-hydrogen) atoms. The van der Waals surface area contributed by atoms with E-state index in [1.165, 1.54) is 7.11 Å². The molecular formula is C20H24ClNO4. The Morgan fingerprint density at radius 2 is 2.08 bits per heavy atom. The van der Waals surface area contributed by atoms with Crippen LogP contribution in [0.25, 0.3) is 0 Å². The van der Waals surface area contributed by atoms with Crippen LogP contribution < -0.4 is 9.47 Å². The smallest absolute Gasteiger partial charge is 0.160 e. The largest absolute Gasteiger partial charge is 0.504 e. The Hall–Kier alpha value is -1.95. The number of benzene rings is 2. The van der Waals surface area contributed by atoms with E-state index in [2.05, 4.69) is 4.90 Å². The minimum atomic E-state index is -0.901. The predicted molar refractivity (Wildman–Crippen MR) is 101 cm³/mol. The van der Waals surface area contributed by atoms with Crippen LogP contribution in [0, 0.1) is 0 Å². The number of aliphatic hydroxyl groups is 1. The van der Waals surface area contributed by atoms with Crippen LogP contribution in [0.2, 0.25) is 5.02 Å². The van der Waals surface area contributed by atoms with Crippen molar-refractivity contribution in [2.24, 2.45) is 0 Å². The van der Waals surface area contributed by atoms with Crippen molar-refractivity contribution in [1.82, 2.24) is 4.90 Å². The summed E-state index contributed by atoms with van der Waals surface area (Å²) in [6, 6.07) is 12.5. The molecule has 1 aliphatic rings. The van der Waals surface area contributed by atoms with E-state index in [1.54, 1.807) is 18.2 Å². The van der Waals surface area contributed by atoms with Crippen molar-refractivity contribution < 1.29 is 19.7 Å². The van der Waals surface area contributed by atoms with Crippen molar-refractivity contribution in [1.29, 1.82) is 0 Å². The molecule has 1 heterocycles. The normalized spacial score (nSPS) is 20.7. The van der Waals surface area contributed by atoms with Gasteiger partial charge in [-0.25, -0.2) is 0 Å². The monoisotopic (exact) mass is 377 g/mol. The number of ether oxygens (including phenoxy) is 2. The number of hydrogen-bond donors (Lipinski definition) is 2. The fourth-order valence-electron chi connectivity index (χ4n) is 3.31. The number of rotatable bonds is 6. The van der Waals surface area contributed by atoms with Gasteiger partial charge in [-0.15, -0.1) is 0 Å². The number of aromatic hydroxyl groups is 1. The molecule has 0 bridgehead atoms. The average molecular weight is 378 g/mol. The molecule has 2 aromatic rings. The fraction of sp³-hybridized carbons (Fsp3) is 0.400. The number of phenolic OH excluding ortho intramolecular Hbond substituents is 1. The summed E-state index contributed by atoms with van der Waals surface area (Å²) in [5.41, 5.74) is 0.126. The van der Waals surface area contributed by atoms with E-state index in [9.17, 15) is 10.2 Å². The van der Waals surface area contributed by atoms with E-state index in [0.717, 1.165) is 18.5 Å². The van der Waals surface area contributed by atoms with Crippen molar-refractivity contribution in [3.63, 3.8) is 0 Å². The molecule has 1 aliphatic heterocycles. The molecular weight excluding hydrogens is 354 g/mol. The Balaban J connectivity index is 1.61. The molecule has 0 spiro atoms. The highest BCUT2D eigenvalue weighted by molar-refractivity contribution is 6.30. The number of piperidine rings is 1. The lowest BCUT2D eigenvalue weighted by Crippen LogP contribution is -2.51. The zero-order valence-electron chi connectivity index (χ0n) is 14.8. The maximum Gasteiger partial charge on any atom is 0.160 e. The van der Waals surface area contributed by atoms with Crippen LogP contribution in [0.1, 0.15) is 18.4 Å². The summed E-state index contributed by atoms with van der Waals surface area (Å²) in [6.45, 7) is 2.33. The molecule has 0 saturated carbocycles. The van der Waals surface area contributed by atoms with E-state index in [4.69, 9.17) is 21.1 Å². The Kier molecular flexibility index (Phi) is 5.91. The quantitative estimate of drug-likeness (QED) is 0.807. The lowest BCUT2D eigenvalue weighted by molar-refractivity contribution is -0.0621. The third kappa shape index (κ3) is 4.81. The summed E-state index contributed by atoms with van der Waals surface area (Å²) < 4.78 is 10.9. The second-order valence-electron chi connectivity index (χ2n) is 6.79. The maximum absolute atomic E-state index is 10.9. The molecule has 3 rings (SSSR count). The van der Waals surface area contributed by atoms with Crippen LogP contribution >= 0.6 is 11.6 Å². The Morgan fingerprint density at radius 1 is 1.23 bits per heavy atom. The lowest BCUT2D eigenvalue weighted by atomic mass is 9.93. The van der Waals surface area contributed by atoms with Gasteiger partial charge in [0.1, 0.15) is 18.0 Å². The van der Waals surface area contributed by atoms with Crippen LogP contribution in [0.3, 0.4) is 0 Å². The fourth-order valence-corrected chi connectivity index (χ4v) is 3.49. The first-order valence-electron chi connectivity index (χ1n) is 8.66. The maximum atomic E-state index is 10.9. The Labute approximate surface area is 158 Å². The summed E-state index contributed by atoms with van der Waals surface area (Å²) in [5.74, 6) is 1.24. The zero-order valence-corrected chi connectivity index (χ0v) is 15.6. The number of phenols is 1. The third-order valence-electron chi connectivity index (χ3n) is 4.59. The van der Waals surface area contributed by atoms with Crippen LogP contribution in [0.4, 0.5) is 0 Å². The molecule has 0 aromatic heterocycles. The van der Waals surface area contributed by atoms with Crippen LogP contribution in [0.5, 0.6) is 17.2 Å². The van der Waals surface area contributed by atoms with E-state index in [0.29, 0.717) is 36.0 Å². The first kappa shape index (κ1) is 18.8. The van der Waals surface area contributed by atoms with E-state index in [1.807, 2.05) is 24.3 Å². The van der Waals surface area contributed by atoms with Crippen LogP contribution in [-0.4, -0.2) is 47.5 Å². The summed E-state index contributed by atoms with van der Waals surface area (Å²) in [6.07, 6.45) is 1.59. The van der Waals surface area contributed by atoms with Gasteiger partial charge in [-0.05, 0) is 55.3 Å². The van der Waals surface area contributed by atoms with Gasteiger partial charge < -0.3 is 19.7 Å². The average Bonchev–Trinajstić information content (AvgIpc) is 2.62. The number of likely N-dealkylation sites (tertiary alicyclic amines) is 1. The minimum absolute atomic E-state index is 0.126. The summed E-state index contributed by atoms with van der Waals surface area (Å²) in [5, 5.41) is 21.3. The van der Waals surface area contributed by atoms with Gasteiger partial charge in [0.05, 0.1) is 7.11 Å². The number of nitrogens with zero attached hydrogens (tertiary/aromatic N) is 1. The summed E-state index contributed by atoms with van der Waals surface area (Å²) in [4.78, 5) is 2.19. The van der Waals surface area contributed by atoms with Gasteiger partial charge in [-0.2, -0.15) is 0 Å². The molecule has 1 atom stereocenters. The van der Waals surface area contributed by atoms with E-state index < -0.39 is 5.60 Å². The molecule has 1 saturated heterocycles. The van der Waals surface area contributed by atoms with Gasteiger partial charge in [-0.1, -0.05) is 23.7 Å². The number of hydrogen-bond acceptors (Lipinski definition) is 5. The number of halogens is 1. The van der Waals surface area contributed by atoms with Gasteiger partial charge in [0, 0.05) is 18.1 Å². The van der Waals surface area contributed by atoms with Gasteiger partial charge in [0.2, 0.25) is 0 Å². The highest BCUT2D eigenvalue weighted by Gasteiger charge is 2.34. The van der Waals surface area contributed by atoms with Crippen molar-refractivity contribution >= 4 is 11.6 Å². The highest BCUT2D eigenvalue weighted by atomic mass is 35.5. The van der Waals surface area contributed by atoms with Crippen molar-refractivity contribution in [3.05, 3.63) is 53.1 Å². The third-order valence-corrected chi connectivity index (χ3v) is 4.82. The van der Waals surface area contributed by atoms with E-state index in [-0.39, 0.29) is 12.4 Å². The Morgan fingerprint density at radius 3 is 2.85 bits per heavy atom. The van der Waals surface area contributed by atoms with Crippen LogP contribution in [-0.2, 0) is 6.54 Å². The standard InChI is InChI=1S/C20H24ClNO4/c1-25-19-10-15(6-7-18(19)23)12-22-9-3-8-20(24,13-22)14-26-17-5-2-4-16(21)11-17/h2,4-7,10-11,23-24H,3,8-9,12-14H2,1H3. The molecule has 1 fully saturated rings. The Bertz CT molecular complexity index is 754. The predicted octanol–water partition coefficient (Wildman–Crippen LogP) is 3.46. The second-order valence-corrected chi connectivity index (χ2v) is 7.23. The number of β-amino-alcohol motifs (C(OH)–C–C–N with tert-alkyl or cyclic N) is 1. The molecule has 1 unspecified atom stereocenters. The van der Waals surface area contributed by atoms with Gasteiger partial charge in [-0.3, -0.25) is 4.90 Å². The molecule has 6 heteroatoms. The molecule has 5 nitrogen and oxygen atoms in total. The molecule has 2 N–H and O–H groups in total. The zero-order chi connectivity index (χ0) is 18.6. The molecule has 2 aromatic carbocycles. The van der Waals surface area contributed by atoms with Crippen molar-refractivity contribution in [2.45, 2.75) is 25.0 Å². The summed E-state index contributed by atoms with van der Waals surface area (Å²) in [7, 11) is 1.53. The van der Waals surface area contributed by atoms with Gasteiger partial charge >= 0.3 is 0 Å². The molecule has 0 radical (unpaired) electrons. The second kappa shape index (κ2) is 8.16. The van der Waals surface area contributed by atoms with Gasteiger partial charge in [0.15, 0.2) is 11.5 Å². The SMILES string of the molecule is COc1cc(CN2CCCC(O)(COc3cccc(Cl)c3)C2)ccc1O. The molecule has 0 aliphatic carbocycles.